The number of carbonyl (C=O) groups is 2. The van der Waals surface area contributed by atoms with Crippen molar-refractivity contribution < 1.29 is 23.8 Å². The molecule has 3 amide bonds. The van der Waals surface area contributed by atoms with Crippen molar-refractivity contribution in [2.45, 2.75) is 37.7 Å². The van der Waals surface area contributed by atoms with Gasteiger partial charge >= 0.3 is 6.03 Å². The van der Waals surface area contributed by atoms with E-state index in [1.807, 2.05) is 4.90 Å². The Morgan fingerprint density at radius 2 is 1.97 bits per heavy atom. The van der Waals surface area contributed by atoms with Gasteiger partial charge in [-0.2, -0.15) is 0 Å². The molecule has 170 valence electrons. The number of hydrogen-bond acceptors (Lipinski definition) is 8. The maximum Gasteiger partial charge on any atom is 0.317 e. The Kier molecular flexibility index (Phi) is 6.08. The molecule has 1 aromatic carbocycles. The molecular formula is C21H25N5O5S. The van der Waals surface area contributed by atoms with Crippen molar-refractivity contribution in [3.05, 3.63) is 28.2 Å². The van der Waals surface area contributed by atoms with E-state index in [1.54, 1.807) is 18.2 Å². The number of amides is 3. The van der Waals surface area contributed by atoms with Crippen molar-refractivity contribution >= 4 is 29.0 Å². The highest BCUT2D eigenvalue weighted by atomic mass is 32.1. The minimum atomic E-state index is -0.307. The van der Waals surface area contributed by atoms with Gasteiger partial charge in [0.15, 0.2) is 11.5 Å². The Hall–Kier alpha value is -2.92. The van der Waals surface area contributed by atoms with Crippen LogP contribution in [0.2, 0.25) is 0 Å². The molecule has 3 aliphatic rings. The molecule has 0 saturated carbocycles. The van der Waals surface area contributed by atoms with E-state index in [-0.39, 0.29) is 30.8 Å². The van der Waals surface area contributed by atoms with E-state index in [1.165, 1.54) is 11.3 Å². The molecular weight excluding hydrogens is 434 g/mol. The largest absolute Gasteiger partial charge is 0.454 e. The Morgan fingerprint density at radius 3 is 2.78 bits per heavy atom. The summed E-state index contributed by atoms with van der Waals surface area (Å²) in [5, 5.41) is 15.3. The quantitative estimate of drug-likeness (QED) is 0.706. The van der Waals surface area contributed by atoms with Crippen molar-refractivity contribution in [3.8, 4) is 11.5 Å². The molecule has 2 N–H and O–H groups in total. The molecule has 2 fully saturated rings. The SMILES string of the molecule is O=C(Nc1ccc2c(c1)OCO2)c1nnc(C2CCN(C(=O)NCC3CCCO3)CC2)s1. The highest BCUT2D eigenvalue weighted by Crippen LogP contribution is 2.35. The number of piperidine rings is 1. The van der Waals surface area contributed by atoms with E-state index < -0.39 is 0 Å². The monoisotopic (exact) mass is 459 g/mol. The molecule has 5 rings (SSSR count). The lowest BCUT2D eigenvalue weighted by Crippen LogP contribution is -2.46. The van der Waals surface area contributed by atoms with Crippen molar-refractivity contribution in [2.75, 3.05) is 38.4 Å². The molecule has 1 atom stereocenters. The Labute approximate surface area is 189 Å². The number of anilines is 1. The number of aromatic nitrogens is 2. The maximum atomic E-state index is 12.6. The van der Waals surface area contributed by atoms with Gasteiger partial charge < -0.3 is 29.7 Å². The average Bonchev–Trinajstić information content (AvgIpc) is 3.59. The van der Waals surface area contributed by atoms with E-state index in [4.69, 9.17) is 14.2 Å². The molecule has 2 aromatic rings. The van der Waals surface area contributed by atoms with Gasteiger partial charge in [-0.25, -0.2) is 4.79 Å². The highest BCUT2D eigenvalue weighted by Gasteiger charge is 2.28. The number of urea groups is 1. The number of fused-ring (bicyclic) bond motifs is 1. The van der Waals surface area contributed by atoms with E-state index in [9.17, 15) is 9.59 Å². The summed E-state index contributed by atoms with van der Waals surface area (Å²) in [6, 6.07) is 5.20. The summed E-state index contributed by atoms with van der Waals surface area (Å²) in [5.74, 6) is 1.15. The predicted octanol–water partition coefficient (Wildman–Crippen LogP) is 2.59. The number of rotatable bonds is 5. The number of carbonyl (C=O) groups excluding carboxylic acids is 2. The maximum absolute atomic E-state index is 12.6. The summed E-state index contributed by atoms with van der Waals surface area (Å²) >= 11 is 1.30. The molecule has 0 aliphatic carbocycles. The number of hydrogen-bond donors (Lipinski definition) is 2. The number of ether oxygens (including phenoxy) is 3. The minimum absolute atomic E-state index is 0.0417. The third-order valence-corrected chi connectivity index (χ3v) is 6.99. The van der Waals surface area contributed by atoms with Crippen LogP contribution < -0.4 is 20.1 Å². The van der Waals surface area contributed by atoms with Crippen LogP contribution in [0.3, 0.4) is 0 Å². The summed E-state index contributed by atoms with van der Waals surface area (Å²) in [7, 11) is 0. The molecule has 0 spiro atoms. The number of nitrogens with one attached hydrogen (secondary N) is 2. The fraction of sp³-hybridized carbons (Fsp3) is 0.524. The van der Waals surface area contributed by atoms with Gasteiger partial charge in [0.25, 0.3) is 5.91 Å². The zero-order valence-electron chi connectivity index (χ0n) is 17.5. The molecule has 32 heavy (non-hydrogen) atoms. The van der Waals surface area contributed by atoms with E-state index >= 15 is 0 Å². The van der Waals surface area contributed by atoms with Crippen molar-refractivity contribution in [2.24, 2.45) is 0 Å². The molecule has 4 heterocycles. The zero-order chi connectivity index (χ0) is 21.9. The smallest absolute Gasteiger partial charge is 0.317 e. The number of nitrogens with zero attached hydrogens (tertiary/aromatic N) is 3. The lowest BCUT2D eigenvalue weighted by Gasteiger charge is -2.31. The summed E-state index contributed by atoms with van der Waals surface area (Å²) in [5.41, 5.74) is 0.610. The van der Waals surface area contributed by atoms with Crippen LogP contribution >= 0.6 is 11.3 Å². The molecule has 2 saturated heterocycles. The first-order valence-electron chi connectivity index (χ1n) is 10.8. The van der Waals surface area contributed by atoms with Gasteiger partial charge in [-0.3, -0.25) is 4.79 Å². The van der Waals surface area contributed by atoms with Gasteiger partial charge in [-0.05, 0) is 37.8 Å². The average molecular weight is 460 g/mol. The van der Waals surface area contributed by atoms with Crippen LogP contribution in [0.25, 0.3) is 0 Å². The zero-order valence-corrected chi connectivity index (χ0v) is 18.4. The molecule has 1 aromatic heterocycles. The predicted molar refractivity (Wildman–Crippen MR) is 116 cm³/mol. The van der Waals surface area contributed by atoms with Crippen molar-refractivity contribution in [1.29, 1.82) is 0 Å². The van der Waals surface area contributed by atoms with Crippen LogP contribution in [-0.2, 0) is 4.74 Å². The summed E-state index contributed by atoms with van der Waals surface area (Å²) in [4.78, 5) is 26.8. The molecule has 11 heteroatoms. The summed E-state index contributed by atoms with van der Waals surface area (Å²) in [6.07, 6.45) is 3.80. The topological polar surface area (TPSA) is 115 Å². The van der Waals surface area contributed by atoms with Crippen molar-refractivity contribution in [3.63, 3.8) is 0 Å². The van der Waals surface area contributed by atoms with Crippen LogP contribution in [0.15, 0.2) is 18.2 Å². The van der Waals surface area contributed by atoms with E-state index in [2.05, 4.69) is 20.8 Å². The molecule has 1 unspecified atom stereocenters. The second-order valence-electron chi connectivity index (χ2n) is 8.05. The fourth-order valence-corrected chi connectivity index (χ4v) is 5.01. The summed E-state index contributed by atoms with van der Waals surface area (Å²) < 4.78 is 16.2. The summed E-state index contributed by atoms with van der Waals surface area (Å²) in [6.45, 7) is 2.84. The van der Waals surface area contributed by atoms with E-state index in [0.717, 1.165) is 37.3 Å². The highest BCUT2D eigenvalue weighted by molar-refractivity contribution is 7.13. The second-order valence-corrected chi connectivity index (χ2v) is 9.06. The lowest BCUT2D eigenvalue weighted by molar-refractivity contribution is 0.102. The van der Waals surface area contributed by atoms with Crippen LogP contribution in [0.1, 0.15) is 46.4 Å². The molecule has 0 radical (unpaired) electrons. The fourth-order valence-electron chi connectivity index (χ4n) is 4.10. The van der Waals surface area contributed by atoms with Crippen LogP contribution in [-0.4, -0.2) is 66.2 Å². The van der Waals surface area contributed by atoms with Gasteiger partial charge in [-0.1, -0.05) is 11.3 Å². The first kappa shape index (κ1) is 21.0. The van der Waals surface area contributed by atoms with Gasteiger partial charge in [-0.15, -0.1) is 10.2 Å². The molecule has 3 aliphatic heterocycles. The third-order valence-electron chi connectivity index (χ3n) is 5.90. The number of benzene rings is 1. The number of likely N-dealkylation sites (tertiary alicyclic amines) is 1. The first-order valence-corrected chi connectivity index (χ1v) is 11.7. The standard InChI is InChI=1S/C21H25N5O5S/c27-18(23-14-3-4-16-17(10-14)31-12-30-16)20-25-24-19(32-20)13-5-7-26(8-6-13)21(28)22-11-15-2-1-9-29-15/h3-4,10,13,15H,1-2,5-9,11-12H2,(H,22,28)(H,23,27). The minimum Gasteiger partial charge on any atom is -0.454 e. The lowest BCUT2D eigenvalue weighted by atomic mass is 9.98. The van der Waals surface area contributed by atoms with Gasteiger partial charge in [0.05, 0.1) is 6.10 Å². The van der Waals surface area contributed by atoms with E-state index in [0.29, 0.717) is 41.8 Å². The normalized spacial score (nSPS) is 20.4. The van der Waals surface area contributed by atoms with Crippen LogP contribution in [0.4, 0.5) is 10.5 Å². The molecule has 10 nitrogen and oxygen atoms in total. The second kappa shape index (κ2) is 9.29. The van der Waals surface area contributed by atoms with Crippen LogP contribution in [0, 0.1) is 0 Å². The third kappa shape index (κ3) is 4.63. The Balaban J connectivity index is 1.11. The Bertz CT molecular complexity index is 985. The van der Waals surface area contributed by atoms with Crippen molar-refractivity contribution in [1.82, 2.24) is 20.4 Å². The molecule has 0 bridgehead atoms. The van der Waals surface area contributed by atoms with Crippen LogP contribution in [0.5, 0.6) is 11.5 Å². The van der Waals surface area contributed by atoms with Gasteiger partial charge in [0, 0.05) is 43.9 Å². The van der Waals surface area contributed by atoms with Gasteiger partial charge in [0.2, 0.25) is 11.8 Å². The van der Waals surface area contributed by atoms with Gasteiger partial charge in [0.1, 0.15) is 5.01 Å². The first-order chi connectivity index (χ1) is 15.7. The Morgan fingerprint density at radius 1 is 1.12 bits per heavy atom.